The third kappa shape index (κ3) is 1.76. The molecular weight excluding hydrogens is 171 g/mol. The van der Waals surface area contributed by atoms with Crippen molar-refractivity contribution in [3.05, 3.63) is 18.7 Å². The number of alkyl halides is 3. The van der Waals surface area contributed by atoms with Crippen molar-refractivity contribution in [2.45, 2.75) is 12.2 Å². The maximum absolute atomic E-state index is 12.2. The van der Waals surface area contributed by atoms with Crippen LogP contribution in [0.3, 0.4) is 0 Å². The predicted molar refractivity (Wildman–Crippen MR) is 36.4 cm³/mol. The molecule has 2 N–H and O–H groups in total. The van der Waals surface area contributed by atoms with Crippen molar-refractivity contribution in [3.63, 3.8) is 0 Å². The molecule has 1 atom stereocenters. The fourth-order valence-corrected chi connectivity index (χ4v) is 0.878. The Hall–Kier alpha value is -1.04. The lowest BCUT2D eigenvalue weighted by molar-refractivity contribution is -0.165. The molecule has 0 aliphatic heterocycles. The molecule has 0 bridgehead atoms. The van der Waals surface area contributed by atoms with Crippen molar-refractivity contribution >= 4 is 0 Å². The highest BCUT2D eigenvalue weighted by Gasteiger charge is 2.39. The van der Waals surface area contributed by atoms with Gasteiger partial charge in [0.1, 0.15) is 6.04 Å². The molecule has 1 heterocycles. The SMILES string of the molecule is NCC(n1ccnc1)C(F)(F)F. The summed E-state index contributed by atoms with van der Waals surface area (Å²) in [4.78, 5) is 3.51. The average Bonchev–Trinajstić information content (AvgIpc) is 2.38. The third-order valence-corrected chi connectivity index (χ3v) is 1.49. The van der Waals surface area contributed by atoms with E-state index in [4.69, 9.17) is 5.73 Å². The summed E-state index contributed by atoms with van der Waals surface area (Å²) in [5.41, 5.74) is 4.98. The van der Waals surface area contributed by atoms with Gasteiger partial charge in [0.2, 0.25) is 0 Å². The van der Waals surface area contributed by atoms with E-state index in [1.807, 2.05) is 0 Å². The van der Waals surface area contributed by atoms with Crippen LogP contribution in [-0.4, -0.2) is 22.3 Å². The van der Waals surface area contributed by atoms with E-state index in [1.165, 1.54) is 12.4 Å². The molecule has 3 nitrogen and oxygen atoms in total. The van der Waals surface area contributed by atoms with Crippen molar-refractivity contribution in [3.8, 4) is 0 Å². The van der Waals surface area contributed by atoms with Crippen molar-refractivity contribution in [2.75, 3.05) is 6.54 Å². The summed E-state index contributed by atoms with van der Waals surface area (Å²) >= 11 is 0. The first-order valence-electron chi connectivity index (χ1n) is 3.30. The summed E-state index contributed by atoms with van der Waals surface area (Å²) in [6.45, 7) is -0.472. The zero-order valence-corrected chi connectivity index (χ0v) is 6.12. The number of hydrogen-bond donors (Lipinski definition) is 1. The lowest BCUT2D eigenvalue weighted by Crippen LogP contribution is -2.32. The van der Waals surface area contributed by atoms with Crippen LogP contribution >= 0.6 is 0 Å². The maximum Gasteiger partial charge on any atom is 0.410 e. The van der Waals surface area contributed by atoms with Crippen LogP contribution < -0.4 is 5.73 Å². The molecule has 0 amide bonds. The second-order valence-electron chi connectivity index (χ2n) is 2.30. The van der Waals surface area contributed by atoms with Crippen LogP contribution in [0.4, 0.5) is 13.2 Å². The normalized spacial score (nSPS) is 14.7. The van der Waals surface area contributed by atoms with E-state index >= 15 is 0 Å². The minimum absolute atomic E-state index is 0.472. The van der Waals surface area contributed by atoms with Crippen LogP contribution in [0.5, 0.6) is 0 Å². The van der Waals surface area contributed by atoms with Crippen molar-refractivity contribution < 1.29 is 13.2 Å². The molecule has 12 heavy (non-hydrogen) atoms. The van der Waals surface area contributed by atoms with Gasteiger partial charge in [0.05, 0.1) is 6.33 Å². The second kappa shape index (κ2) is 3.14. The minimum Gasteiger partial charge on any atom is -0.328 e. The lowest BCUT2D eigenvalue weighted by atomic mass is 10.3. The van der Waals surface area contributed by atoms with Gasteiger partial charge in [0.25, 0.3) is 0 Å². The Morgan fingerprint density at radius 3 is 2.50 bits per heavy atom. The molecule has 0 saturated carbocycles. The van der Waals surface area contributed by atoms with Crippen LogP contribution in [0.2, 0.25) is 0 Å². The molecule has 0 aliphatic rings. The van der Waals surface area contributed by atoms with E-state index in [0.29, 0.717) is 0 Å². The number of imidazole rings is 1. The second-order valence-corrected chi connectivity index (χ2v) is 2.30. The Kier molecular flexibility index (Phi) is 2.37. The number of aromatic nitrogens is 2. The number of hydrogen-bond acceptors (Lipinski definition) is 2. The topological polar surface area (TPSA) is 43.8 Å². The van der Waals surface area contributed by atoms with Gasteiger partial charge in [0, 0.05) is 18.9 Å². The van der Waals surface area contributed by atoms with Gasteiger partial charge in [0.15, 0.2) is 0 Å². The summed E-state index contributed by atoms with van der Waals surface area (Å²) in [6.07, 6.45) is -0.681. The number of halogens is 3. The zero-order chi connectivity index (χ0) is 9.19. The standard InChI is InChI=1S/C6H8F3N3/c7-6(8,9)5(3-10)12-2-1-11-4-12/h1-2,4-5H,3,10H2. The molecule has 0 fully saturated rings. The summed E-state index contributed by atoms with van der Waals surface area (Å²) in [7, 11) is 0. The molecule has 0 aromatic carbocycles. The first-order chi connectivity index (χ1) is 5.55. The van der Waals surface area contributed by atoms with Crippen LogP contribution in [0.1, 0.15) is 6.04 Å². The van der Waals surface area contributed by atoms with Gasteiger partial charge in [-0.25, -0.2) is 4.98 Å². The molecule has 1 rings (SSSR count). The van der Waals surface area contributed by atoms with Gasteiger partial charge < -0.3 is 10.3 Å². The Balaban J connectivity index is 2.84. The smallest absolute Gasteiger partial charge is 0.328 e. The number of rotatable bonds is 2. The summed E-state index contributed by atoms with van der Waals surface area (Å²) in [5, 5.41) is 0. The highest BCUT2D eigenvalue weighted by atomic mass is 19.4. The van der Waals surface area contributed by atoms with Gasteiger partial charge in [-0.15, -0.1) is 0 Å². The van der Waals surface area contributed by atoms with Crippen LogP contribution in [0.25, 0.3) is 0 Å². The molecule has 1 aromatic heterocycles. The Morgan fingerprint density at radius 1 is 1.50 bits per heavy atom. The van der Waals surface area contributed by atoms with Crippen LogP contribution in [-0.2, 0) is 0 Å². The molecule has 1 aromatic rings. The third-order valence-electron chi connectivity index (χ3n) is 1.49. The van der Waals surface area contributed by atoms with Crippen molar-refractivity contribution in [1.82, 2.24) is 9.55 Å². The van der Waals surface area contributed by atoms with Crippen LogP contribution in [0.15, 0.2) is 18.7 Å². The van der Waals surface area contributed by atoms with E-state index in [0.717, 1.165) is 10.9 Å². The van der Waals surface area contributed by atoms with Gasteiger partial charge in [-0.05, 0) is 0 Å². The number of nitrogens with zero attached hydrogens (tertiary/aromatic N) is 2. The van der Waals surface area contributed by atoms with Gasteiger partial charge in [-0.3, -0.25) is 0 Å². The molecule has 6 heteroatoms. The Bertz CT molecular complexity index is 229. The molecule has 0 saturated heterocycles. The van der Waals surface area contributed by atoms with E-state index in [-0.39, 0.29) is 0 Å². The Labute approximate surface area is 67.0 Å². The largest absolute Gasteiger partial charge is 0.410 e. The molecule has 0 spiro atoms. The average molecular weight is 179 g/mol. The van der Waals surface area contributed by atoms with E-state index < -0.39 is 18.8 Å². The molecule has 0 aliphatic carbocycles. The monoisotopic (exact) mass is 179 g/mol. The molecule has 0 radical (unpaired) electrons. The minimum atomic E-state index is -4.31. The van der Waals surface area contributed by atoms with Gasteiger partial charge >= 0.3 is 6.18 Å². The highest BCUT2D eigenvalue weighted by Crippen LogP contribution is 2.28. The molecule has 1 unspecified atom stereocenters. The van der Waals surface area contributed by atoms with E-state index in [9.17, 15) is 13.2 Å². The van der Waals surface area contributed by atoms with E-state index in [1.54, 1.807) is 0 Å². The first kappa shape index (κ1) is 9.05. The van der Waals surface area contributed by atoms with Gasteiger partial charge in [-0.1, -0.05) is 0 Å². The molecular formula is C6H8F3N3. The highest BCUT2D eigenvalue weighted by molar-refractivity contribution is 4.84. The zero-order valence-electron chi connectivity index (χ0n) is 6.12. The molecule has 68 valence electrons. The lowest BCUT2D eigenvalue weighted by Gasteiger charge is -2.19. The fourth-order valence-electron chi connectivity index (χ4n) is 0.878. The van der Waals surface area contributed by atoms with Gasteiger partial charge in [-0.2, -0.15) is 13.2 Å². The van der Waals surface area contributed by atoms with Crippen LogP contribution in [0, 0.1) is 0 Å². The fraction of sp³-hybridized carbons (Fsp3) is 0.500. The summed E-state index contributed by atoms with van der Waals surface area (Å²) in [6, 6.07) is -1.67. The summed E-state index contributed by atoms with van der Waals surface area (Å²) < 4.78 is 37.4. The predicted octanol–water partition coefficient (Wildman–Crippen LogP) is 0.945. The van der Waals surface area contributed by atoms with Crippen molar-refractivity contribution in [1.29, 1.82) is 0 Å². The first-order valence-corrected chi connectivity index (χ1v) is 3.30. The number of nitrogens with two attached hydrogens (primary N) is 1. The summed E-state index contributed by atoms with van der Waals surface area (Å²) in [5.74, 6) is 0. The maximum atomic E-state index is 12.2. The Morgan fingerprint density at radius 2 is 2.17 bits per heavy atom. The van der Waals surface area contributed by atoms with Crippen molar-refractivity contribution in [2.24, 2.45) is 5.73 Å². The van der Waals surface area contributed by atoms with E-state index in [2.05, 4.69) is 4.98 Å². The quantitative estimate of drug-likeness (QED) is 0.734.